The molecule has 1 amide bonds. The van der Waals surface area contributed by atoms with Crippen LogP contribution in [0.1, 0.15) is 55.3 Å². The van der Waals surface area contributed by atoms with E-state index < -0.39 is 0 Å². The van der Waals surface area contributed by atoms with Crippen molar-refractivity contribution >= 4 is 23.5 Å². The van der Waals surface area contributed by atoms with Crippen molar-refractivity contribution in [1.29, 1.82) is 0 Å². The Kier molecular flexibility index (Phi) is 6.78. The van der Waals surface area contributed by atoms with Gasteiger partial charge in [-0.1, -0.05) is 24.3 Å². The monoisotopic (exact) mass is 500 g/mol. The van der Waals surface area contributed by atoms with Gasteiger partial charge in [-0.25, -0.2) is 4.98 Å². The van der Waals surface area contributed by atoms with Gasteiger partial charge in [-0.05, 0) is 49.8 Å². The molecule has 2 aromatic heterocycles. The first kappa shape index (κ1) is 23.9. The first-order valence-electron chi connectivity index (χ1n) is 13.6. The van der Waals surface area contributed by atoms with Crippen molar-refractivity contribution in [1.82, 2.24) is 30.0 Å². The predicted molar refractivity (Wildman–Crippen MR) is 144 cm³/mol. The van der Waals surface area contributed by atoms with Gasteiger partial charge in [0.1, 0.15) is 5.82 Å². The van der Waals surface area contributed by atoms with Crippen molar-refractivity contribution in [2.45, 2.75) is 57.5 Å². The van der Waals surface area contributed by atoms with E-state index in [0.717, 1.165) is 75.3 Å². The number of nitrogens with zero attached hydrogens (tertiary/aromatic N) is 6. The van der Waals surface area contributed by atoms with Gasteiger partial charge in [0.2, 0.25) is 11.9 Å². The van der Waals surface area contributed by atoms with Crippen molar-refractivity contribution in [3.05, 3.63) is 59.4 Å². The summed E-state index contributed by atoms with van der Waals surface area (Å²) in [5, 5.41) is 10.8. The van der Waals surface area contributed by atoms with Crippen molar-refractivity contribution in [3.63, 3.8) is 0 Å². The highest BCUT2D eigenvalue weighted by Gasteiger charge is 2.26. The first-order valence-corrected chi connectivity index (χ1v) is 13.6. The minimum Gasteiger partial charge on any atom is -0.340 e. The maximum absolute atomic E-state index is 12.6. The maximum atomic E-state index is 12.6. The summed E-state index contributed by atoms with van der Waals surface area (Å²) in [6.07, 6.45) is 7.05. The van der Waals surface area contributed by atoms with Gasteiger partial charge >= 0.3 is 0 Å². The fourth-order valence-corrected chi connectivity index (χ4v) is 5.41. The molecule has 0 spiro atoms. The highest BCUT2D eigenvalue weighted by molar-refractivity contribution is 5.79. The summed E-state index contributed by atoms with van der Waals surface area (Å²) in [5.74, 6) is 3.22. The number of piperazine rings is 1. The molecule has 0 radical (unpaired) electrons. The summed E-state index contributed by atoms with van der Waals surface area (Å²) in [4.78, 5) is 28.6. The molecule has 3 aromatic rings. The molecule has 1 atom stereocenters. The molecule has 4 heterocycles. The van der Waals surface area contributed by atoms with E-state index in [1.807, 2.05) is 17.2 Å². The van der Waals surface area contributed by atoms with Gasteiger partial charge in [0.25, 0.3) is 0 Å². The molecule has 1 saturated carbocycles. The Morgan fingerprint density at radius 3 is 2.51 bits per heavy atom. The van der Waals surface area contributed by atoms with Gasteiger partial charge in [-0.3, -0.25) is 14.8 Å². The number of hydrogen-bond donors (Lipinski definition) is 2. The number of likely N-dealkylation sites (tertiary alicyclic amines) is 1. The number of aromatic nitrogens is 4. The van der Waals surface area contributed by atoms with Gasteiger partial charge in [0.05, 0.1) is 6.42 Å². The molecule has 3 fully saturated rings. The zero-order valence-electron chi connectivity index (χ0n) is 21.6. The molecule has 1 aliphatic carbocycles. The van der Waals surface area contributed by atoms with Crippen LogP contribution in [0.5, 0.6) is 0 Å². The lowest BCUT2D eigenvalue weighted by Gasteiger charge is -2.34. The molecular formula is C28H36N8O. The van der Waals surface area contributed by atoms with Crippen molar-refractivity contribution in [3.8, 4) is 0 Å². The van der Waals surface area contributed by atoms with E-state index in [0.29, 0.717) is 18.4 Å². The molecule has 194 valence electrons. The smallest absolute Gasteiger partial charge is 0.227 e. The molecule has 1 unspecified atom stereocenters. The number of carbonyl (C=O) groups is 1. The largest absolute Gasteiger partial charge is 0.340 e. The van der Waals surface area contributed by atoms with Crippen LogP contribution in [0.3, 0.4) is 0 Å². The zero-order chi connectivity index (χ0) is 25.2. The van der Waals surface area contributed by atoms with Gasteiger partial charge in [-0.15, -0.1) is 0 Å². The standard InChI is InChI=1S/C28H36N8O/c1-20-3-2-12-36(20)27(37)17-21-4-6-22(7-5-21)19-34-13-15-35(16-14-34)28-29-11-10-25(31-28)30-26-18-24(32-33-26)23-8-9-23/h4-7,10-11,18,20,23H,2-3,8-9,12-17,19H2,1H3,(H2,29,30,31,32,33). The van der Waals surface area contributed by atoms with E-state index in [4.69, 9.17) is 4.98 Å². The lowest BCUT2D eigenvalue weighted by atomic mass is 10.1. The lowest BCUT2D eigenvalue weighted by Crippen LogP contribution is -2.46. The zero-order valence-corrected chi connectivity index (χ0v) is 21.6. The molecule has 2 saturated heterocycles. The van der Waals surface area contributed by atoms with Crippen LogP contribution >= 0.6 is 0 Å². The summed E-state index contributed by atoms with van der Waals surface area (Å²) in [5.41, 5.74) is 3.58. The average Bonchev–Trinajstić information content (AvgIpc) is 3.51. The normalized spacial score (nSPS) is 20.4. The van der Waals surface area contributed by atoms with E-state index in [1.54, 1.807) is 0 Å². The Morgan fingerprint density at radius 1 is 1.00 bits per heavy atom. The number of anilines is 3. The highest BCUT2D eigenvalue weighted by atomic mass is 16.2. The van der Waals surface area contributed by atoms with Crippen molar-refractivity contribution in [2.24, 2.45) is 0 Å². The number of aromatic amines is 1. The number of benzene rings is 1. The summed E-state index contributed by atoms with van der Waals surface area (Å²) in [6.45, 7) is 7.66. The third kappa shape index (κ3) is 5.77. The average molecular weight is 501 g/mol. The minimum atomic E-state index is 0.253. The predicted octanol–water partition coefficient (Wildman–Crippen LogP) is 3.70. The molecular weight excluding hydrogens is 464 g/mol. The Labute approximate surface area is 218 Å². The summed E-state index contributed by atoms with van der Waals surface area (Å²) in [7, 11) is 0. The number of rotatable bonds is 8. The summed E-state index contributed by atoms with van der Waals surface area (Å²) >= 11 is 0. The molecule has 2 N–H and O–H groups in total. The van der Waals surface area contributed by atoms with E-state index in [2.05, 4.69) is 67.6 Å². The third-order valence-corrected chi connectivity index (χ3v) is 7.83. The number of amides is 1. The van der Waals surface area contributed by atoms with E-state index >= 15 is 0 Å². The SMILES string of the molecule is CC1CCCN1C(=O)Cc1ccc(CN2CCN(c3nccc(Nc4cc(C5CC5)[nH]n4)n3)CC2)cc1. The van der Waals surface area contributed by atoms with Gasteiger partial charge in [0.15, 0.2) is 5.82 Å². The second-order valence-electron chi connectivity index (χ2n) is 10.7. The molecule has 9 nitrogen and oxygen atoms in total. The Hall–Kier alpha value is -3.46. The third-order valence-electron chi connectivity index (χ3n) is 7.83. The Balaban J connectivity index is 0.986. The Morgan fingerprint density at radius 2 is 1.78 bits per heavy atom. The minimum absolute atomic E-state index is 0.253. The fraction of sp³-hybridized carbons (Fsp3) is 0.500. The number of carbonyl (C=O) groups excluding carboxylic acids is 1. The van der Waals surface area contributed by atoms with E-state index in [-0.39, 0.29) is 5.91 Å². The van der Waals surface area contributed by atoms with Gasteiger partial charge < -0.3 is 15.1 Å². The molecule has 2 aliphatic heterocycles. The molecule has 3 aliphatic rings. The van der Waals surface area contributed by atoms with Crippen LogP contribution in [0.2, 0.25) is 0 Å². The van der Waals surface area contributed by atoms with Crippen LogP contribution in [-0.4, -0.2) is 74.6 Å². The lowest BCUT2D eigenvalue weighted by molar-refractivity contribution is -0.130. The van der Waals surface area contributed by atoms with Gasteiger partial charge in [0, 0.05) is 69.2 Å². The van der Waals surface area contributed by atoms with Crippen LogP contribution in [-0.2, 0) is 17.8 Å². The second-order valence-corrected chi connectivity index (χ2v) is 10.7. The fourth-order valence-electron chi connectivity index (χ4n) is 5.41. The molecule has 1 aromatic carbocycles. The van der Waals surface area contributed by atoms with Crippen molar-refractivity contribution in [2.75, 3.05) is 42.9 Å². The Bertz CT molecular complexity index is 1210. The number of nitrogens with one attached hydrogen (secondary N) is 2. The molecule has 6 rings (SSSR count). The first-order chi connectivity index (χ1) is 18.1. The maximum Gasteiger partial charge on any atom is 0.227 e. The van der Waals surface area contributed by atoms with Crippen LogP contribution in [0.25, 0.3) is 0 Å². The van der Waals surface area contributed by atoms with Crippen LogP contribution in [0, 0.1) is 0 Å². The molecule has 0 bridgehead atoms. The van der Waals surface area contributed by atoms with Gasteiger partial charge in [-0.2, -0.15) is 10.1 Å². The molecule has 9 heteroatoms. The topological polar surface area (TPSA) is 93.3 Å². The highest BCUT2D eigenvalue weighted by Crippen LogP contribution is 2.39. The van der Waals surface area contributed by atoms with Crippen molar-refractivity contribution < 1.29 is 4.79 Å². The number of hydrogen-bond acceptors (Lipinski definition) is 7. The second kappa shape index (κ2) is 10.5. The van der Waals surface area contributed by atoms with Crippen LogP contribution < -0.4 is 10.2 Å². The van der Waals surface area contributed by atoms with E-state index in [1.165, 1.54) is 24.1 Å². The van der Waals surface area contributed by atoms with E-state index in [9.17, 15) is 4.79 Å². The van der Waals surface area contributed by atoms with Crippen LogP contribution in [0.4, 0.5) is 17.6 Å². The quantitative estimate of drug-likeness (QED) is 0.487. The molecule has 37 heavy (non-hydrogen) atoms. The summed E-state index contributed by atoms with van der Waals surface area (Å²) < 4.78 is 0. The summed E-state index contributed by atoms with van der Waals surface area (Å²) in [6, 6.07) is 12.9. The van der Waals surface area contributed by atoms with Crippen LogP contribution in [0.15, 0.2) is 42.6 Å². The number of H-pyrrole nitrogens is 1.